The second kappa shape index (κ2) is 8.14. The minimum absolute atomic E-state index is 0.189. The standard InChI is InChI=1S/C23H26N6O2S/c1-14-10-23(29-28-14)27-17-6-9-19(22(11-17)32(30,31)18-7-8-18)21-12-20(25-13-26-21)15-2-4-16(24)5-3-15/h2,6,9-13,16,18H,3-5,7-8,24H2,1H3,(H2,27,28,29). The van der Waals surface area contributed by atoms with Crippen molar-refractivity contribution in [3.63, 3.8) is 0 Å². The predicted octanol–water partition coefficient (Wildman–Crippen LogP) is 3.75. The maximum Gasteiger partial charge on any atom is 0.181 e. The van der Waals surface area contributed by atoms with E-state index in [-0.39, 0.29) is 11.3 Å². The summed E-state index contributed by atoms with van der Waals surface area (Å²) >= 11 is 0. The molecule has 2 heterocycles. The van der Waals surface area contributed by atoms with Crippen molar-refractivity contribution >= 4 is 26.9 Å². The van der Waals surface area contributed by atoms with Gasteiger partial charge in [0.1, 0.15) is 6.33 Å². The van der Waals surface area contributed by atoms with Gasteiger partial charge in [0.05, 0.1) is 21.5 Å². The molecule has 5 rings (SSSR count). The SMILES string of the molecule is Cc1cc(Nc2ccc(-c3cc(C4=CCC(N)CC4)ncn3)c(S(=O)(=O)C3CC3)c2)n[nH]1. The van der Waals surface area contributed by atoms with Gasteiger partial charge >= 0.3 is 0 Å². The molecule has 1 unspecified atom stereocenters. The number of aryl methyl sites for hydroxylation is 1. The van der Waals surface area contributed by atoms with Gasteiger partial charge in [-0.2, -0.15) is 5.10 Å². The van der Waals surface area contributed by atoms with Gasteiger partial charge in [-0.25, -0.2) is 18.4 Å². The van der Waals surface area contributed by atoms with Crippen LogP contribution in [0.1, 0.15) is 43.5 Å². The van der Waals surface area contributed by atoms with Crippen LogP contribution in [0.15, 0.2) is 47.6 Å². The Morgan fingerprint density at radius 1 is 1.09 bits per heavy atom. The van der Waals surface area contributed by atoms with E-state index in [0.717, 1.165) is 36.2 Å². The smallest absolute Gasteiger partial charge is 0.181 e. The summed E-state index contributed by atoms with van der Waals surface area (Å²) in [5.74, 6) is 0.636. The number of nitrogens with two attached hydrogens (primary N) is 1. The second-order valence-electron chi connectivity index (χ2n) is 8.57. The maximum absolute atomic E-state index is 13.3. The fourth-order valence-corrected chi connectivity index (χ4v) is 5.89. The van der Waals surface area contributed by atoms with Crippen LogP contribution in [-0.4, -0.2) is 39.9 Å². The van der Waals surface area contributed by atoms with Gasteiger partial charge in [0.25, 0.3) is 0 Å². The van der Waals surface area contributed by atoms with Crippen molar-refractivity contribution in [3.05, 3.63) is 54.1 Å². The number of anilines is 2. The highest BCUT2D eigenvalue weighted by molar-refractivity contribution is 7.92. The first-order valence-electron chi connectivity index (χ1n) is 10.8. The molecule has 2 aliphatic carbocycles. The lowest BCUT2D eigenvalue weighted by Crippen LogP contribution is -2.21. The van der Waals surface area contributed by atoms with Crippen molar-refractivity contribution in [1.82, 2.24) is 20.2 Å². The normalized spacial score (nSPS) is 18.9. The molecule has 0 saturated heterocycles. The fraction of sp³-hybridized carbons (Fsp3) is 0.348. The third-order valence-corrected chi connectivity index (χ3v) is 8.25. The van der Waals surface area contributed by atoms with E-state index < -0.39 is 9.84 Å². The molecule has 1 aromatic carbocycles. The molecule has 0 bridgehead atoms. The average Bonchev–Trinajstić information content (AvgIpc) is 3.58. The number of H-pyrrole nitrogens is 1. The first-order valence-corrected chi connectivity index (χ1v) is 12.4. The van der Waals surface area contributed by atoms with E-state index in [1.54, 1.807) is 6.07 Å². The molecule has 32 heavy (non-hydrogen) atoms. The van der Waals surface area contributed by atoms with Crippen LogP contribution in [0.3, 0.4) is 0 Å². The molecular weight excluding hydrogens is 424 g/mol. The Bertz CT molecular complexity index is 1290. The molecular formula is C23H26N6O2S. The Kier molecular flexibility index (Phi) is 5.30. The van der Waals surface area contributed by atoms with E-state index in [9.17, 15) is 8.42 Å². The van der Waals surface area contributed by atoms with Gasteiger partial charge in [0, 0.05) is 29.1 Å². The molecule has 1 saturated carbocycles. The zero-order valence-corrected chi connectivity index (χ0v) is 18.7. The van der Waals surface area contributed by atoms with Crippen LogP contribution in [0, 0.1) is 6.92 Å². The van der Waals surface area contributed by atoms with E-state index in [2.05, 4.69) is 31.6 Å². The van der Waals surface area contributed by atoms with Gasteiger partial charge in [0.2, 0.25) is 0 Å². The van der Waals surface area contributed by atoms with Crippen molar-refractivity contribution in [2.24, 2.45) is 5.73 Å². The fourth-order valence-electron chi connectivity index (χ4n) is 4.00. The van der Waals surface area contributed by atoms with Crippen LogP contribution in [0.25, 0.3) is 16.8 Å². The van der Waals surface area contributed by atoms with E-state index in [1.807, 2.05) is 31.2 Å². The van der Waals surface area contributed by atoms with Gasteiger partial charge in [-0.1, -0.05) is 6.08 Å². The summed E-state index contributed by atoms with van der Waals surface area (Å²) in [4.78, 5) is 9.15. The lowest BCUT2D eigenvalue weighted by atomic mass is 9.93. The Hall–Kier alpha value is -3.04. The summed E-state index contributed by atoms with van der Waals surface area (Å²) in [6.45, 7) is 1.91. The second-order valence-corrected chi connectivity index (χ2v) is 10.8. The highest BCUT2D eigenvalue weighted by Crippen LogP contribution is 2.39. The monoisotopic (exact) mass is 450 g/mol. The molecule has 4 N–H and O–H groups in total. The van der Waals surface area contributed by atoms with Crippen LogP contribution in [0.4, 0.5) is 11.5 Å². The number of hydrogen-bond acceptors (Lipinski definition) is 7. The Balaban J connectivity index is 1.55. The molecule has 9 heteroatoms. The van der Waals surface area contributed by atoms with Crippen LogP contribution >= 0.6 is 0 Å². The molecule has 2 aromatic heterocycles. The molecule has 2 aliphatic rings. The van der Waals surface area contributed by atoms with Gasteiger partial charge in [-0.05, 0) is 68.9 Å². The van der Waals surface area contributed by atoms with Crippen molar-refractivity contribution in [2.45, 2.75) is 55.2 Å². The summed E-state index contributed by atoms with van der Waals surface area (Å²) in [7, 11) is -3.46. The lowest BCUT2D eigenvalue weighted by molar-refractivity contribution is 0.595. The topological polar surface area (TPSA) is 127 Å². The Labute approximate surface area is 187 Å². The highest BCUT2D eigenvalue weighted by atomic mass is 32.2. The van der Waals surface area contributed by atoms with Gasteiger partial charge in [-0.3, -0.25) is 5.10 Å². The van der Waals surface area contributed by atoms with Gasteiger partial charge in [0.15, 0.2) is 15.7 Å². The zero-order valence-electron chi connectivity index (χ0n) is 17.9. The van der Waals surface area contributed by atoms with E-state index in [4.69, 9.17) is 5.73 Å². The van der Waals surface area contributed by atoms with Crippen molar-refractivity contribution < 1.29 is 8.42 Å². The zero-order chi connectivity index (χ0) is 22.3. The third-order valence-electron chi connectivity index (χ3n) is 5.95. The number of allylic oxidation sites excluding steroid dienone is 1. The molecule has 3 aromatic rings. The molecule has 0 aliphatic heterocycles. The number of sulfone groups is 1. The summed E-state index contributed by atoms with van der Waals surface area (Å²) < 4.78 is 26.6. The quantitative estimate of drug-likeness (QED) is 0.522. The van der Waals surface area contributed by atoms with E-state index in [1.165, 1.54) is 6.33 Å². The van der Waals surface area contributed by atoms with Gasteiger partial charge in [-0.15, -0.1) is 0 Å². The number of aromatic nitrogens is 4. The molecule has 0 amide bonds. The maximum atomic E-state index is 13.3. The lowest BCUT2D eigenvalue weighted by Gasteiger charge is -2.18. The van der Waals surface area contributed by atoms with Crippen molar-refractivity contribution in [2.75, 3.05) is 5.32 Å². The van der Waals surface area contributed by atoms with Crippen molar-refractivity contribution in [3.8, 4) is 11.3 Å². The average molecular weight is 451 g/mol. The number of hydrogen-bond donors (Lipinski definition) is 3. The summed E-state index contributed by atoms with van der Waals surface area (Å²) in [6.07, 6.45) is 7.62. The number of aromatic amines is 1. The van der Waals surface area contributed by atoms with Crippen LogP contribution in [0.5, 0.6) is 0 Å². The summed E-state index contributed by atoms with van der Waals surface area (Å²) in [5.41, 5.74) is 10.8. The third kappa shape index (κ3) is 4.18. The van der Waals surface area contributed by atoms with Gasteiger partial charge < -0.3 is 11.1 Å². The first kappa shape index (κ1) is 20.8. The molecule has 0 spiro atoms. The van der Waals surface area contributed by atoms with E-state index in [0.29, 0.717) is 40.5 Å². The minimum Gasteiger partial charge on any atom is -0.339 e. The highest BCUT2D eigenvalue weighted by Gasteiger charge is 2.38. The first-order chi connectivity index (χ1) is 15.4. The minimum atomic E-state index is -3.46. The van der Waals surface area contributed by atoms with Crippen LogP contribution in [0.2, 0.25) is 0 Å². The molecule has 166 valence electrons. The van der Waals surface area contributed by atoms with Crippen LogP contribution < -0.4 is 11.1 Å². The molecule has 0 radical (unpaired) electrons. The number of nitrogens with one attached hydrogen (secondary N) is 2. The summed E-state index contributed by atoms with van der Waals surface area (Å²) in [5, 5.41) is 9.91. The predicted molar refractivity (Wildman–Crippen MR) is 124 cm³/mol. The molecule has 1 fully saturated rings. The number of benzene rings is 1. The van der Waals surface area contributed by atoms with Crippen LogP contribution in [-0.2, 0) is 9.84 Å². The Morgan fingerprint density at radius 3 is 2.59 bits per heavy atom. The van der Waals surface area contributed by atoms with Crippen molar-refractivity contribution in [1.29, 1.82) is 0 Å². The Morgan fingerprint density at radius 2 is 1.91 bits per heavy atom. The number of rotatable bonds is 6. The molecule has 1 atom stereocenters. The number of nitrogens with zero attached hydrogens (tertiary/aromatic N) is 3. The summed E-state index contributed by atoms with van der Waals surface area (Å²) in [6, 6.07) is 9.29. The van der Waals surface area contributed by atoms with E-state index >= 15 is 0 Å². The largest absolute Gasteiger partial charge is 0.339 e. The molecule has 8 nitrogen and oxygen atoms in total.